The molecule has 1 saturated heterocycles. The van der Waals surface area contributed by atoms with Crippen molar-refractivity contribution in [1.82, 2.24) is 4.90 Å². The number of hydrogen-bond acceptors (Lipinski definition) is 3. The normalized spacial score (nSPS) is 36.4. The lowest BCUT2D eigenvalue weighted by molar-refractivity contribution is -0.151. The molecule has 0 aromatic rings. The number of ether oxygens (including phenoxy) is 2. The van der Waals surface area contributed by atoms with Crippen molar-refractivity contribution in [2.24, 2.45) is 5.92 Å². The monoisotopic (exact) mass is 279 g/mol. The standard InChI is InChI=1S/C16H25NO3/c1-2-19-14-8-7-13-16(14)20-10-9-17(13)15(18)11-12-5-3-4-6-12/h3,5,12-14,16H,2,4,6-11H2,1H3/t12?,13-,14+,16-/m1/s1. The van der Waals surface area contributed by atoms with E-state index in [1.807, 2.05) is 6.92 Å². The fourth-order valence-electron chi connectivity index (χ4n) is 3.82. The second kappa shape index (κ2) is 6.27. The molecule has 0 aromatic heterocycles. The third-order valence-corrected chi connectivity index (χ3v) is 4.79. The molecule has 1 saturated carbocycles. The van der Waals surface area contributed by atoms with Gasteiger partial charge in [-0.2, -0.15) is 0 Å². The number of hydrogen-bond donors (Lipinski definition) is 0. The molecule has 4 atom stereocenters. The van der Waals surface area contributed by atoms with Crippen molar-refractivity contribution in [3.8, 4) is 0 Å². The van der Waals surface area contributed by atoms with Gasteiger partial charge in [-0.05, 0) is 38.5 Å². The topological polar surface area (TPSA) is 38.8 Å². The van der Waals surface area contributed by atoms with Crippen molar-refractivity contribution in [3.63, 3.8) is 0 Å². The fourth-order valence-corrected chi connectivity index (χ4v) is 3.82. The van der Waals surface area contributed by atoms with Crippen molar-refractivity contribution in [2.75, 3.05) is 19.8 Å². The average Bonchev–Trinajstić information content (AvgIpc) is 3.09. The molecule has 1 amide bonds. The van der Waals surface area contributed by atoms with E-state index in [9.17, 15) is 4.79 Å². The Morgan fingerprint density at radius 3 is 3.05 bits per heavy atom. The average molecular weight is 279 g/mol. The van der Waals surface area contributed by atoms with Crippen LogP contribution in [0.25, 0.3) is 0 Å². The second-order valence-corrected chi connectivity index (χ2v) is 6.03. The van der Waals surface area contributed by atoms with E-state index in [-0.39, 0.29) is 18.2 Å². The number of allylic oxidation sites excluding steroid dienone is 2. The molecule has 3 rings (SSSR count). The van der Waals surface area contributed by atoms with Crippen LogP contribution >= 0.6 is 0 Å². The van der Waals surface area contributed by atoms with Crippen molar-refractivity contribution in [3.05, 3.63) is 12.2 Å². The number of rotatable bonds is 4. The van der Waals surface area contributed by atoms with E-state index in [1.165, 1.54) is 0 Å². The summed E-state index contributed by atoms with van der Waals surface area (Å²) in [6.07, 6.45) is 9.61. The predicted octanol–water partition coefficient (Wildman–Crippen LogP) is 2.14. The summed E-state index contributed by atoms with van der Waals surface area (Å²) in [5.74, 6) is 0.755. The van der Waals surface area contributed by atoms with Gasteiger partial charge in [-0.25, -0.2) is 0 Å². The van der Waals surface area contributed by atoms with Crippen LogP contribution in [-0.2, 0) is 14.3 Å². The number of morpholine rings is 1. The molecule has 1 heterocycles. The van der Waals surface area contributed by atoms with E-state index in [2.05, 4.69) is 17.1 Å². The summed E-state index contributed by atoms with van der Waals surface area (Å²) in [4.78, 5) is 14.6. The summed E-state index contributed by atoms with van der Waals surface area (Å²) in [6, 6.07) is 0.234. The molecule has 0 radical (unpaired) electrons. The van der Waals surface area contributed by atoms with Crippen molar-refractivity contribution in [1.29, 1.82) is 0 Å². The van der Waals surface area contributed by atoms with Crippen LogP contribution in [0.5, 0.6) is 0 Å². The van der Waals surface area contributed by atoms with Crippen LogP contribution in [0.15, 0.2) is 12.2 Å². The highest BCUT2D eigenvalue weighted by Crippen LogP contribution is 2.33. The molecule has 20 heavy (non-hydrogen) atoms. The highest BCUT2D eigenvalue weighted by atomic mass is 16.5. The SMILES string of the molecule is CCO[C@H]1CC[C@@H]2[C@H]1OCCN2C(=O)CC1C=CCC1. The summed E-state index contributed by atoms with van der Waals surface area (Å²) in [7, 11) is 0. The lowest BCUT2D eigenvalue weighted by Gasteiger charge is -2.39. The van der Waals surface area contributed by atoms with E-state index >= 15 is 0 Å². The van der Waals surface area contributed by atoms with Crippen LogP contribution in [-0.4, -0.2) is 48.8 Å². The Labute approximate surface area is 121 Å². The minimum Gasteiger partial charge on any atom is -0.376 e. The smallest absolute Gasteiger partial charge is 0.223 e. The molecule has 1 aliphatic heterocycles. The molecule has 0 bridgehead atoms. The zero-order valence-electron chi connectivity index (χ0n) is 12.3. The molecular weight excluding hydrogens is 254 g/mol. The Balaban J connectivity index is 1.61. The fraction of sp³-hybridized carbons (Fsp3) is 0.812. The molecule has 3 aliphatic rings. The first-order valence-corrected chi connectivity index (χ1v) is 7.99. The lowest BCUT2D eigenvalue weighted by Crippen LogP contribution is -2.54. The van der Waals surface area contributed by atoms with Crippen LogP contribution in [0.1, 0.15) is 39.0 Å². The van der Waals surface area contributed by atoms with Gasteiger partial charge >= 0.3 is 0 Å². The Kier molecular flexibility index (Phi) is 4.41. The number of nitrogens with zero attached hydrogens (tertiary/aromatic N) is 1. The van der Waals surface area contributed by atoms with E-state index < -0.39 is 0 Å². The van der Waals surface area contributed by atoms with Gasteiger partial charge in [-0.15, -0.1) is 0 Å². The summed E-state index contributed by atoms with van der Waals surface area (Å²) < 4.78 is 11.6. The van der Waals surface area contributed by atoms with Crippen LogP contribution < -0.4 is 0 Å². The Bertz CT molecular complexity index is 382. The Morgan fingerprint density at radius 1 is 1.40 bits per heavy atom. The second-order valence-electron chi connectivity index (χ2n) is 6.03. The van der Waals surface area contributed by atoms with Gasteiger partial charge in [0, 0.05) is 19.6 Å². The van der Waals surface area contributed by atoms with Crippen LogP contribution in [0.2, 0.25) is 0 Å². The number of amides is 1. The maximum atomic E-state index is 12.6. The zero-order valence-corrected chi connectivity index (χ0v) is 12.3. The minimum absolute atomic E-state index is 0.0896. The maximum Gasteiger partial charge on any atom is 0.223 e. The van der Waals surface area contributed by atoms with Gasteiger partial charge in [0.1, 0.15) is 6.10 Å². The molecule has 2 aliphatic carbocycles. The van der Waals surface area contributed by atoms with Crippen LogP contribution in [0.3, 0.4) is 0 Å². The first kappa shape index (κ1) is 14.1. The molecule has 4 nitrogen and oxygen atoms in total. The highest BCUT2D eigenvalue weighted by molar-refractivity contribution is 5.77. The van der Waals surface area contributed by atoms with Gasteiger partial charge in [0.2, 0.25) is 5.91 Å². The number of carbonyl (C=O) groups is 1. The largest absolute Gasteiger partial charge is 0.376 e. The summed E-state index contributed by atoms with van der Waals surface area (Å²) in [5.41, 5.74) is 0. The van der Waals surface area contributed by atoms with E-state index in [0.717, 1.165) is 38.8 Å². The zero-order chi connectivity index (χ0) is 13.9. The molecule has 0 N–H and O–H groups in total. The van der Waals surface area contributed by atoms with Crippen LogP contribution in [0, 0.1) is 5.92 Å². The third kappa shape index (κ3) is 2.77. The van der Waals surface area contributed by atoms with Gasteiger partial charge in [0.05, 0.1) is 18.8 Å². The van der Waals surface area contributed by atoms with Gasteiger partial charge in [-0.1, -0.05) is 12.2 Å². The number of fused-ring (bicyclic) bond motifs is 1. The Hall–Kier alpha value is -0.870. The number of carbonyl (C=O) groups excluding carboxylic acids is 1. The van der Waals surface area contributed by atoms with E-state index in [4.69, 9.17) is 9.47 Å². The van der Waals surface area contributed by atoms with Gasteiger partial charge in [-0.3, -0.25) is 4.79 Å². The maximum absolute atomic E-state index is 12.6. The van der Waals surface area contributed by atoms with Crippen molar-refractivity contribution >= 4 is 5.91 Å². The van der Waals surface area contributed by atoms with Gasteiger partial charge in [0.15, 0.2) is 0 Å². The van der Waals surface area contributed by atoms with Crippen molar-refractivity contribution < 1.29 is 14.3 Å². The van der Waals surface area contributed by atoms with E-state index in [1.54, 1.807) is 0 Å². The molecule has 4 heteroatoms. The first-order chi connectivity index (χ1) is 9.79. The molecule has 2 fully saturated rings. The third-order valence-electron chi connectivity index (χ3n) is 4.79. The Morgan fingerprint density at radius 2 is 2.30 bits per heavy atom. The van der Waals surface area contributed by atoms with E-state index in [0.29, 0.717) is 24.9 Å². The van der Waals surface area contributed by atoms with Gasteiger partial charge in [0.25, 0.3) is 0 Å². The molecule has 1 unspecified atom stereocenters. The molecule has 0 aromatic carbocycles. The quantitative estimate of drug-likeness (QED) is 0.740. The minimum atomic E-state index is 0.0896. The summed E-state index contributed by atoms with van der Waals surface area (Å²) in [6.45, 7) is 4.13. The predicted molar refractivity (Wildman–Crippen MR) is 76.4 cm³/mol. The summed E-state index contributed by atoms with van der Waals surface area (Å²) >= 11 is 0. The first-order valence-electron chi connectivity index (χ1n) is 7.99. The van der Waals surface area contributed by atoms with Gasteiger partial charge < -0.3 is 14.4 Å². The molecule has 112 valence electrons. The molecular formula is C16H25NO3. The van der Waals surface area contributed by atoms with Crippen molar-refractivity contribution in [2.45, 2.75) is 57.3 Å². The molecule has 0 spiro atoms. The van der Waals surface area contributed by atoms with Crippen LogP contribution in [0.4, 0.5) is 0 Å². The highest BCUT2D eigenvalue weighted by Gasteiger charge is 2.44. The summed E-state index contributed by atoms with van der Waals surface area (Å²) in [5, 5.41) is 0. The lowest BCUT2D eigenvalue weighted by atomic mass is 10.0.